The van der Waals surface area contributed by atoms with Gasteiger partial charge in [-0.05, 0) is 83.0 Å². The molecule has 1 amide bonds. The number of alkyl halides is 1. The van der Waals surface area contributed by atoms with E-state index < -0.39 is 11.4 Å². The summed E-state index contributed by atoms with van der Waals surface area (Å²) < 4.78 is 18.4. The minimum atomic E-state index is -1.32. The van der Waals surface area contributed by atoms with E-state index in [1.807, 2.05) is 12.2 Å². The number of unbranched alkanes of at least 4 members (excludes halogenated alkanes) is 3. The van der Waals surface area contributed by atoms with Gasteiger partial charge in [0.2, 0.25) is 0 Å². The van der Waals surface area contributed by atoms with Crippen LogP contribution in [0.4, 0.5) is 5.69 Å². The number of nitrogens with zero attached hydrogens (tertiary/aromatic N) is 2. The number of carbonyl (C=O) groups excluding carboxylic acids is 3. The van der Waals surface area contributed by atoms with Crippen LogP contribution in [-0.2, 0) is 24.4 Å². The molecular weight excluding hydrogens is 694 g/mol. The second kappa shape index (κ2) is 17.3. The molecule has 1 N–H and O–H groups in total. The van der Waals surface area contributed by atoms with E-state index in [1.54, 1.807) is 6.07 Å². The second-order valence-electron chi connectivity index (χ2n) is 14.6. The van der Waals surface area contributed by atoms with Gasteiger partial charge in [-0.1, -0.05) is 38.8 Å². The summed E-state index contributed by atoms with van der Waals surface area (Å²) in [5, 5.41) is 15.6. The van der Waals surface area contributed by atoms with Crippen LogP contribution in [0.2, 0.25) is 0 Å². The topological polar surface area (TPSA) is 120 Å². The first-order valence-corrected chi connectivity index (χ1v) is 19.3. The Labute approximate surface area is 317 Å². The van der Waals surface area contributed by atoms with Crippen molar-refractivity contribution in [3.63, 3.8) is 0 Å². The Bertz CT molecular complexity index is 1850. The number of benzene rings is 2. The second-order valence-corrected chi connectivity index (χ2v) is 14.9. The number of allylic oxidation sites excluding steroid dienone is 5. The molecule has 0 saturated carbocycles. The number of anilines is 1. The number of hydrogen-bond acceptors (Lipinski definition) is 8. The minimum Gasteiger partial charge on any atom is -0.545 e. The number of amides is 1. The lowest BCUT2D eigenvalue weighted by Gasteiger charge is -2.41. The molecule has 11 heteroatoms. The molecule has 0 spiro atoms. The first kappa shape index (κ1) is 38.5. The summed E-state index contributed by atoms with van der Waals surface area (Å²) in [6, 6.07) is 11.1. The number of carboxylic acid groups (broad SMARTS) is 1. The number of carbonyl (C=O) groups is 3. The normalized spacial score (nSPS) is 18.5. The zero-order valence-corrected chi connectivity index (χ0v) is 31.8. The summed E-state index contributed by atoms with van der Waals surface area (Å²) in [5.41, 5.74) is 7.10. The van der Waals surface area contributed by atoms with Crippen molar-refractivity contribution in [3.8, 4) is 0 Å². The Morgan fingerprint density at radius 3 is 2.40 bits per heavy atom. The number of hydrogen-bond donors (Lipinski definition) is 1. The average Bonchev–Trinajstić information content (AvgIpc) is 3.11. The molecule has 282 valence electrons. The Morgan fingerprint density at radius 1 is 0.943 bits per heavy atom. The van der Waals surface area contributed by atoms with Gasteiger partial charge in [0, 0.05) is 66.5 Å². The molecule has 2 aromatic carbocycles. The van der Waals surface area contributed by atoms with Crippen LogP contribution in [0, 0.1) is 5.92 Å². The number of aromatic carboxylic acids is 1. The molecule has 0 bridgehead atoms. The Kier molecular flexibility index (Phi) is 12.5. The van der Waals surface area contributed by atoms with Gasteiger partial charge in [0.25, 0.3) is 5.91 Å². The van der Waals surface area contributed by atoms with E-state index in [-0.39, 0.29) is 23.4 Å². The summed E-state index contributed by atoms with van der Waals surface area (Å²) in [4.78, 5) is 40.6. The maximum Gasteiger partial charge on any atom is 0.321 e. The number of fused-ring (bicyclic) bond motifs is 2. The lowest BCUT2D eigenvalue weighted by molar-refractivity contribution is -0.597. The van der Waals surface area contributed by atoms with Crippen molar-refractivity contribution in [3.05, 3.63) is 93.6 Å². The fraction of sp³-hybridized carbons (Fsp3) is 0.476. The van der Waals surface area contributed by atoms with E-state index in [0.717, 1.165) is 84.4 Å². The summed E-state index contributed by atoms with van der Waals surface area (Å²) in [5.74, 6) is -1.33. The highest BCUT2D eigenvalue weighted by Gasteiger charge is 2.43. The lowest BCUT2D eigenvalue weighted by Crippen LogP contribution is -2.47. The molecule has 53 heavy (non-hydrogen) atoms. The van der Waals surface area contributed by atoms with Crippen molar-refractivity contribution >= 4 is 46.4 Å². The highest BCUT2D eigenvalue weighted by molar-refractivity contribution is 6.17. The molecule has 2 saturated heterocycles. The van der Waals surface area contributed by atoms with Gasteiger partial charge in [-0.25, -0.2) is 4.58 Å². The largest absolute Gasteiger partial charge is 0.545 e. The molecule has 6 rings (SSSR count). The zero-order valence-electron chi connectivity index (χ0n) is 31.0. The monoisotopic (exact) mass is 743 g/mol. The highest BCUT2D eigenvalue weighted by Crippen LogP contribution is 2.51. The van der Waals surface area contributed by atoms with Crippen molar-refractivity contribution in [2.45, 2.75) is 51.4 Å². The zero-order chi connectivity index (χ0) is 37.5. The van der Waals surface area contributed by atoms with E-state index in [1.165, 1.54) is 19.2 Å². The third-order valence-electron chi connectivity index (χ3n) is 10.7. The van der Waals surface area contributed by atoms with Gasteiger partial charge in [-0.3, -0.25) is 9.59 Å². The third-order valence-corrected chi connectivity index (χ3v) is 11.0. The van der Waals surface area contributed by atoms with Gasteiger partial charge in [0.1, 0.15) is 0 Å². The Morgan fingerprint density at radius 2 is 1.70 bits per heavy atom. The number of methoxy groups -OCH3 is 1. The predicted molar refractivity (Wildman–Crippen MR) is 204 cm³/mol. The quantitative estimate of drug-likeness (QED) is 0.108. The van der Waals surface area contributed by atoms with Crippen molar-refractivity contribution in [2.75, 3.05) is 77.0 Å². The van der Waals surface area contributed by atoms with Crippen molar-refractivity contribution < 1.29 is 38.3 Å². The van der Waals surface area contributed by atoms with E-state index in [9.17, 15) is 19.5 Å². The predicted octanol–water partition coefficient (Wildman–Crippen LogP) is 4.67. The average molecular weight is 744 g/mol. The van der Waals surface area contributed by atoms with Crippen LogP contribution in [0.25, 0.3) is 5.57 Å². The molecule has 0 unspecified atom stereocenters. The van der Waals surface area contributed by atoms with Gasteiger partial charge in [-0.15, -0.1) is 11.6 Å². The molecule has 2 heterocycles. The Balaban J connectivity index is 1.26. The van der Waals surface area contributed by atoms with Crippen molar-refractivity contribution in [1.82, 2.24) is 5.32 Å². The number of carboxylic acids is 1. The summed E-state index contributed by atoms with van der Waals surface area (Å²) in [6.45, 7) is 9.74. The van der Waals surface area contributed by atoms with Crippen LogP contribution in [0.5, 0.6) is 0 Å². The number of halogens is 1. The third kappa shape index (κ3) is 8.45. The summed E-state index contributed by atoms with van der Waals surface area (Å²) in [6.07, 6.45) is 11.6. The van der Waals surface area contributed by atoms with Gasteiger partial charge in [-0.2, -0.15) is 0 Å². The molecule has 10 nitrogen and oxygen atoms in total. The van der Waals surface area contributed by atoms with Crippen LogP contribution in [0.3, 0.4) is 0 Å². The summed E-state index contributed by atoms with van der Waals surface area (Å²) in [7, 11) is 1.41. The molecular formula is C42H50ClN3O7. The van der Waals surface area contributed by atoms with Crippen LogP contribution < -0.4 is 15.3 Å². The van der Waals surface area contributed by atoms with E-state index in [0.29, 0.717) is 63.1 Å². The molecule has 0 radical (unpaired) electrons. The van der Waals surface area contributed by atoms with E-state index >= 15 is 0 Å². The molecule has 2 aliphatic heterocycles. The summed E-state index contributed by atoms with van der Waals surface area (Å²) >= 11 is 5.72. The molecule has 2 fully saturated rings. The van der Waals surface area contributed by atoms with Crippen LogP contribution in [-0.4, -0.2) is 100 Å². The lowest BCUT2D eigenvalue weighted by atomic mass is 9.64. The van der Waals surface area contributed by atoms with Gasteiger partial charge in [0.05, 0.1) is 32.9 Å². The fourth-order valence-electron chi connectivity index (χ4n) is 7.47. The fourth-order valence-corrected chi connectivity index (χ4v) is 7.66. The minimum absolute atomic E-state index is 0.00935. The number of ether oxygens (including phenoxy) is 3. The Hall–Kier alpha value is -4.25. The maximum absolute atomic E-state index is 13.4. The molecule has 4 aliphatic rings. The molecule has 0 atom stereocenters. The van der Waals surface area contributed by atoms with Gasteiger partial charge in [0.15, 0.2) is 24.7 Å². The number of nitrogens with one attached hydrogen (secondary N) is 1. The molecule has 2 aromatic rings. The number of rotatable bonds is 17. The molecule has 2 aliphatic carbocycles. The number of esters is 1. The maximum atomic E-state index is 13.4. The standard InChI is InChI=1S/C42H50ClN3O7/c1-42(2)36-24-30(45-17-8-18-45)10-13-33(36)38(34-14-11-31(25-37(34)42)46-26-29(27-46)41(50)51-3)35-23-28(9-12-32(35)40(48)49)39(47)44-16-20-53-22-21-52-19-7-5-4-6-15-43/h9-14,23-25,29H,4-8,15-22,26-27H2,1-3H3,(H-,44,47,48,49). The van der Waals surface area contributed by atoms with Crippen LogP contribution in [0.15, 0.2) is 65.8 Å². The SMILES string of the molecule is COC(=O)C1C[N+](=C2C=CC3=C(c4cc(C(=O)NCCOCCOCCCCCCCl)ccc4C(=O)[O-])c4ccc(N5CCC5)cc4C(C)(C)C3=C2)C1. The van der Waals surface area contributed by atoms with Crippen molar-refractivity contribution in [2.24, 2.45) is 5.92 Å². The molecule has 0 aromatic heterocycles. The highest BCUT2D eigenvalue weighted by atomic mass is 35.5. The first-order chi connectivity index (χ1) is 25.6. The first-order valence-electron chi connectivity index (χ1n) is 18.7. The van der Waals surface area contributed by atoms with Gasteiger partial charge < -0.3 is 34.3 Å². The van der Waals surface area contributed by atoms with E-state index in [4.69, 9.17) is 25.8 Å². The van der Waals surface area contributed by atoms with Crippen LogP contribution >= 0.6 is 11.6 Å². The van der Waals surface area contributed by atoms with Crippen LogP contribution in [0.1, 0.15) is 83.4 Å². The van der Waals surface area contributed by atoms with Gasteiger partial charge >= 0.3 is 5.97 Å². The van der Waals surface area contributed by atoms with E-state index in [2.05, 4.69) is 52.9 Å². The van der Waals surface area contributed by atoms with Crippen molar-refractivity contribution in [1.29, 1.82) is 0 Å². The smallest absolute Gasteiger partial charge is 0.321 e.